The van der Waals surface area contributed by atoms with Gasteiger partial charge >= 0.3 is 0 Å². The SMILES string of the molecule is O=C(NO)c1ccc(NCc2nc(-c3cccc4cnccc34)nn2-c2ccccc2)cc1. The lowest BCUT2D eigenvalue weighted by Gasteiger charge is -2.08. The smallest absolute Gasteiger partial charge is 0.274 e. The number of carbonyl (C=O) groups excluding carboxylic acids is 1. The predicted molar refractivity (Wildman–Crippen MR) is 125 cm³/mol. The lowest BCUT2D eigenvalue weighted by molar-refractivity contribution is 0.0706. The summed E-state index contributed by atoms with van der Waals surface area (Å²) in [4.78, 5) is 20.6. The first kappa shape index (κ1) is 20.3. The molecule has 0 saturated heterocycles. The molecule has 2 aromatic heterocycles. The topological polar surface area (TPSA) is 105 Å². The Bertz CT molecular complexity index is 1410. The minimum atomic E-state index is -0.555. The molecule has 0 unspecified atom stereocenters. The number of hydrogen-bond donors (Lipinski definition) is 3. The standard InChI is InChI=1S/C25H20N6O2/c32-25(30-33)17-9-11-19(12-10-17)27-16-23-28-24(29-31(23)20-6-2-1-3-7-20)22-8-4-5-18-15-26-14-13-21(18)22/h1-15,27,33H,16H2,(H,30,32). The van der Waals surface area contributed by atoms with Crippen molar-refractivity contribution >= 4 is 22.4 Å². The van der Waals surface area contributed by atoms with Gasteiger partial charge in [-0.1, -0.05) is 36.4 Å². The van der Waals surface area contributed by atoms with E-state index in [0.29, 0.717) is 17.9 Å². The number of pyridine rings is 1. The molecule has 162 valence electrons. The molecule has 33 heavy (non-hydrogen) atoms. The van der Waals surface area contributed by atoms with Crippen molar-refractivity contribution in [1.82, 2.24) is 25.2 Å². The summed E-state index contributed by atoms with van der Waals surface area (Å²) in [5.74, 6) is 0.808. The molecule has 5 aromatic rings. The van der Waals surface area contributed by atoms with Crippen LogP contribution in [0.25, 0.3) is 27.8 Å². The summed E-state index contributed by atoms with van der Waals surface area (Å²) in [6.07, 6.45) is 3.60. The Balaban J connectivity index is 1.50. The van der Waals surface area contributed by atoms with Crippen molar-refractivity contribution < 1.29 is 10.0 Å². The minimum absolute atomic E-state index is 0.364. The largest absolute Gasteiger partial charge is 0.378 e. The second-order valence-corrected chi connectivity index (χ2v) is 7.37. The zero-order valence-electron chi connectivity index (χ0n) is 17.5. The number of rotatable bonds is 6. The first-order chi connectivity index (χ1) is 16.2. The lowest BCUT2D eigenvalue weighted by Crippen LogP contribution is -2.18. The molecule has 3 aromatic carbocycles. The highest BCUT2D eigenvalue weighted by Gasteiger charge is 2.15. The first-order valence-corrected chi connectivity index (χ1v) is 10.4. The molecule has 0 aliphatic rings. The van der Waals surface area contributed by atoms with Crippen LogP contribution in [0.1, 0.15) is 16.2 Å². The summed E-state index contributed by atoms with van der Waals surface area (Å²) in [6.45, 7) is 0.416. The van der Waals surface area contributed by atoms with Gasteiger partial charge in [-0.15, -0.1) is 5.10 Å². The number of nitrogens with one attached hydrogen (secondary N) is 2. The Morgan fingerprint density at radius 2 is 1.76 bits per heavy atom. The van der Waals surface area contributed by atoms with Gasteiger partial charge in [0.15, 0.2) is 11.6 Å². The van der Waals surface area contributed by atoms with Gasteiger partial charge in [-0.25, -0.2) is 15.1 Å². The number of carbonyl (C=O) groups is 1. The van der Waals surface area contributed by atoms with Crippen LogP contribution in [0.3, 0.4) is 0 Å². The average Bonchev–Trinajstić information content (AvgIpc) is 3.31. The molecule has 0 bridgehead atoms. The van der Waals surface area contributed by atoms with Gasteiger partial charge in [0.25, 0.3) is 5.91 Å². The third-order valence-corrected chi connectivity index (χ3v) is 5.30. The molecule has 0 aliphatic carbocycles. The van der Waals surface area contributed by atoms with E-state index in [-0.39, 0.29) is 0 Å². The Kier molecular flexibility index (Phi) is 5.48. The zero-order chi connectivity index (χ0) is 22.6. The van der Waals surface area contributed by atoms with Crippen molar-refractivity contribution in [3.8, 4) is 17.1 Å². The second-order valence-electron chi connectivity index (χ2n) is 7.37. The highest BCUT2D eigenvalue weighted by atomic mass is 16.5. The third-order valence-electron chi connectivity index (χ3n) is 5.30. The molecule has 8 nitrogen and oxygen atoms in total. The third kappa shape index (κ3) is 4.15. The summed E-state index contributed by atoms with van der Waals surface area (Å²) in [7, 11) is 0. The average molecular weight is 436 g/mol. The van der Waals surface area contributed by atoms with Gasteiger partial charge in [0, 0.05) is 34.6 Å². The van der Waals surface area contributed by atoms with Crippen molar-refractivity contribution in [3.63, 3.8) is 0 Å². The van der Waals surface area contributed by atoms with Crippen molar-refractivity contribution in [3.05, 3.63) is 103 Å². The van der Waals surface area contributed by atoms with Gasteiger partial charge in [0.1, 0.15) is 0 Å². The summed E-state index contributed by atoms with van der Waals surface area (Å²) in [5.41, 5.74) is 4.65. The van der Waals surface area contributed by atoms with E-state index in [1.807, 2.05) is 65.5 Å². The molecule has 5 rings (SSSR count). The quantitative estimate of drug-likeness (QED) is 0.272. The van der Waals surface area contributed by atoms with E-state index in [4.69, 9.17) is 15.3 Å². The number of hydroxylamine groups is 1. The van der Waals surface area contributed by atoms with E-state index in [9.17, 15) is 4.79 Å². The van der Waals surface area contributed by atoms with Crippen LogP contribution >= 0.6 is 0 Å². The highest BCUT2D eigenvalue weighted by Crippen LogP contribution is 2.27. The molecule has 2 heterocycles. The molecule has 8 heteroatoms. The van der Waals surface area contributed by atoms with Gasteiger partial charge in [-0.05, 0) is 47.9 Å². The van der Waals surface area contributed by atoms with E-state index >= 15 is 0 Å². The van der Waals surface area contributed by atoms with E-state index < -0.39 is 5.91 Å². The number of nitrogens with zero attached hydrogens (tertiary/aromatic N) is 4. The molecule has 0 radical (unpaired) electrons. The molecular formula is C25H20N6O2. The van der Waals surface area contributed by atoms with Gasteiger partial charge in [0.2, 0.25) is 0 Å². The maximum absolute atomic E-state index is 11.5. The number of amides is 1. The number of para-hydroxylation sites is 1. The number of benzene rings is 3. The van der Waals surface area contributed by atoms with Crippen molar-refractivity contribution in [2.45, 2.75) is 6.54 Å². The zero-order valence-corrected chi connectivity index (χ0v) is 17.5. The fourth-order valence-electron chi connectivity index (χ4n) is 3.65. The van der Waals surface area contributed by atoms with E-state index in [0.717, 1.165) is 33.5 Å². The summed E-state index contributed by atoms with van der Waals surface area (Å²) >= 11 is 0. The van der Waals surface area contributed by atoms with E-state index in [2.05, 4.69) is 10.3 Å². The maximum atomic E-state index is 11.5. The summed E-state index contributed by atoms with van der Waals surface area (Å²) in [5, 5.41) is 19.0. The van der Waals surface area contributed by atoms with Gasteiger partial charge in [0.05, 0.1) is 12.2 Å². The number of anilines is 1. The molecule has 3 N–H and O–H groups in total. The molecule has 0 spiro atoms. The predicted octanol–water partition coefficient (Wildman–Crippen LogP) is 4.21. The van der Waals surface area contributed by atoms with Crippen molar-refractivity contribution in [1.29, 1.82) is 0 Å². The Labute approximate surface area is 189 Å². The molecule has 0 aliphatic heterocycles. The normalized spacial score (nSPS) is 10.8. The van der Waals surface area contributed by atoms with E-state index in [1.54, 1.807) is 35.9 Å². The van der Waals surface area contributed by atoms with Crippen LogP contribution < -0.4 is 10.8 Å². The molecule has 1 amide bonds. The van der Waals surface area contributed by atoms with Crippen LogP contribution in [0.4, 0.5) is 5.69 Å². The molecular weight excluding hydrogens is 416 g/mol. The molecule has 0 saturated carbocycles. The summed E-state index contributed by atoms with van der Waals surface area (Å²) < 4.78 is 1.83. The van der Waals surface area contributed by atoms with Crippen LogP contribution in [0.5, 0.6) is 0 Å². The fraction of sp³-hybridized carbons (Fsp3) is 0.0400. The van der Waals surface area contributed by atoms with Crippen LogP contribution in [0.15, 0.2) is 91.3 Å². The van der Waals surface area contributed by atoms with Crippen LogP contribution in [0.2, 0.25) is 0 Å². The Morgan fingerprint density at radius 1 is 0.939 bits per heavy atom. The first-order valence-electron chi connectivity index (χ1n) is 10.4. The lowest BCUT2D eigenvalue weighted by atomic mass is 10.1. The Morgan fingerprint density at radius 3 is 2.55 bits per heavy atom. The second kappa shape index (κ2) is 8.89. The van der Waals surface area contributed by atoms with Crippen LogP contribution in [0, 0.1) is 0 Å². The Hall–Kier alpha value is -4.56. The molecule has 0 fully saturated rings. The minimum Gasteiger partial charge on any atom is -0.378 e. The summed E-state index contributed by atoms with van der Waals surface area (Å²) in [6, 6.07) is 24.6. The van der Waals surface area contributed by atoms with Gasteiger partial charge in [-0.3, -0.25) is 15.0 Å². The fourth-order valence-corrected chi connectivity index (χ4v) is 3.65. The monoisotopic (exact) mass is 436 g/mol. The number of hydrogen-bond acceptors (Lipinski definition) is 6. The van der Waals surface area contributed by atoms with Crippen LogP contribution in [-0.4, -0.2) is 30.9 Å². The van der Waals surface area contributed by atoms with Crippen LogP contribution in [-0.2, 0) is 6.54 Å². The molecule has 0 atom stereocenters. The maximum Gasteiger partial charge on any atom is 0.274 e. The number of fused-ring (bicyclic) bond motifs is 1. The highest BCUT2D eigenvalue weighted by molar-refractivity contribution is 5.94. The van der Waals surface area contributed by atoms with E-state index in [1.165, 1.54) is 0 Å². The van der Waals surface area contributed by atoms with Crippen molar-refractivity contribution in [2.75, 3.05) is 5.32 Å². The van der Waals surface area contributed by atoms with Gasteiger partial charge < -0.3 is 5.32 Å². The van der Waals surface area contributed by atoms with Gasteiger partial charge in [-0.2, -0.15) is 0 Å². The number of aromatic nitrogens is 4. The van der Waals surface area contributed by atoms with Crippen molar-refractivity contribution in [2.24, 2.45) is 0 Å².